The molecule has 0 amide bonds. The van der Waals surface area contributed by atoms with Crippen molar-refractivity contribution in [3.8, 4) is 33.4 Å². The molecule has 302 valence electrons. The maximum Gasteiger partial charge on any atom is 0.337 e. The number of hydrogen-bond donors (Lipinski definition) is 4. The summed E-state index contributed by atoms with van der Waals surface area (Å²) in [6.07, 6.45) is -1.26. The van der Waals surface area contributed by atoms with Crippen molar-refractivity contribution < 1.29 is 75.8 Å². The number of benzene rings is 3. The monoisotopic (exact) mass is 842 g/mol. The average molecular weight is 843 g/mol. The molecule has 0 atom stereocenters. The highest BCUT2D eigenvalue weighted by atomic mass is 19.2. The Morgan fingerprint density at radius 3 is 1.08 bits per heavy atom. The number of nitrogens with zero attached hydrogens (tertiary/aromatic N) is 1. The molecule has 1 aliphatic heterocycles. The van der Waals surface area contributed by atoms with Crippen molar-refractivity contribution in [3.05, 3.63) is 135 Å². The molecule has 4 aromatic heterocycles. The first-order valence-corrected chi connectivity index (χ1v) is 16.3. The molecule has 0 saturated heterocycles. The molecule has 8 rings (SSSR count). The van der Waals surface area contributed by atoms with Crippen LogP contribution in [0.4, 0.5) is 65.9 Å². The molecule has 0 saturated carbocycles. The van der Waals surface area contributed by atoms with Gasteiger partial charge in [0, 0.05) is 33.2 Å². The van der Waals surface area contributed by atoms with Crippen molar-refractivity contribution in [2.45, 2.75) is 12.8 Å². The molecule has 5 heterocycles. The minimum Gasteiger partial charge on any atom is -0.478 e. The number of carboxylic acids is 1. The third kappa shape index (κ3) is 5.61. The Balaban J connectivity index is 1.69. The van der Waals surface area contributed by atoms with Crippen molar-refractivity contribution in [1.82, 2.24) is 19.9 Å². The molecular formula is C38H13F15N4O2. The van der Waals surface area contributed by atoms with Crippen molar-refractivity contribution >= 4 is 39.1 Å². The van der Waals surface area contributed by atoms with Gasteiger partial charge in [-0.3, -0.25) is 4.98 Å². The van der Waals surface area contributed by atoms with Crippen LogP contribution in [0, 0.1) is 87.3 Å². The maximum absolute atomic E-state index is 15.7. The zero-order chi connectivity index (χ0) is 42.7. The summed E-state index contributed by atoms with van der Waals surface area (Å²) < 4.78 is 225. The van der Waals surface area contributed by atoms with Crippen LogP contribution in [0.3, 0.4) is 0 Å². The summed E-state index contributed by atoms with van der Waals surface area (Å²) in [5.41, 5.74) is -14.4. The van der Waals surface area contributed by atoms with Gasteiger partial charge in [0.15, 0.2) is 69.8 Å². The number of carbonyl (C=O) groups is 1. The van der Waals surface area contributed by atoms with Gasteiger partial charge in [-0.25, -0.2) is 70.7 Å². The Bertz CT molecular complexity index is 3080. The smallest absolute Gasteiger partial charge is 0.337 e. The lowest BCUT2D eigenvalue weighted by atomic mass is 9.98. The zero-order valence-electron chi connectivity index (χ0n) is 28.3. The third-order valence-corrected chi connectivity index (χ3v) is 9.59. The van der Waals surface area contributed by atoms with E-state index in [-0.39, 0.29) is 5.52 Å². The Morgan fingerprint density at radius 2 is 0.712 bits per heavy atom. The Hall–Kier alpha value is -6.93. The molecule has 7 aromatic rings. The second-order valence-electron chi connectivity index (χ2n) is 12.8. The van der Waals surface area contributed by atoms with Crippen LogP contribution in [0.25, 0.3) is 66.5 Å². The summed E-state index contributed by atoms with van der Waals surface area (Å²) in [5, 5.41) is 10.2. The van der Waals surface area contributed by atoms with Crippen LogP contribution >= 0.6 is 0 Å². The van der Waals surface area contributed by atoms with E-state index in [1.165, 1.54) is 0 Å². The van der Waals surface area contributed by atoms with Crippen molar-refractivity contribution in [3.63, 3.8) is 0 Å². The van der Waals surface area contributed by atoms with Crippen molar-refractivity contribution in [2.75, 3.05) is 0 Å². The van der Waals surface area contributed by atoms with Crippen LogP contribution in [0.1, 0.15) is 21.7 Å². The highest BCUT2D eigenvalue weighted by Gasteiger charge is 2.34. The molecule has 0 unspecified atom stereocenters. The quantitative estimate of drug-likeness (QED) is 0.0807. The first-order chi connectivity index (χ1) is 27.8. The predicted molar refractivity (Wildman–Crippen MR) is 176 cm³/mol. The number of nitrogens with one attached hydrogen (secondary N) is 3. The molecule has 59 heavy (non-hydrogen) atoms. The number of rotatable bonds is 4. The number of hydrogen-bond acceptors (Lipinski definition) is 2. The number of halogens is 15. The van der Waals surface area contributed by atoms with Crippen LogP contribution < -0.4 is 0 Å². The van der Waals surface area contributed by atoms with E-state index in [1.54, 1.807) is 0 Å². The minimum absolute atomic E-state index is 0.301. The van der Waals surface area contributed by atoms with Gasteiger partial charge in [-0.15, -0.1) is 0 Å². The van der Waals surface area contributed by atoms with Gasteiger partial charge in [0.25, 0.3) is 0 Å². The fraction of sp³-hybridized carbons (Fsp3) is 0.0526. The standard InChI is InChI=1S/C38H13F15N4O2/c39-22-19(23(40)29(46)34(51)28(22)45)16-10-2-1-9(54-10)15-7-8(38(58)59)37(57-15)18(21-26(43)32(49)36(53)33(50)27(21)44)14-6-5-13(56-14)17(12-4-3-11(16)55-12)20-24(41)30(47)35(52)31(48)25(20)42/h1-2,5-7,54,56-57H,3-4H2,(H,58,59). The van der Waals surface area contributed by atoms with E-state index >= 15 is 26.3 Å². The molecule has 0 spiro atoms. The van der Waals surface area contributed by atoms with Gasteiger partial charge >= 0.3 is 5.97 Å². The fourth-order valence-corrected chi connectivity index (χ4v) is 6.96. The summed E-state index contributed by atoms with van der Waals surface area (Å²) in [4.78, 5) is 24.0. The zero-order valence-corrected chi connectivity index (χ0v) is 28.3. The van der Waals surface area contributed by atoms with E-state index in [1.807, 2.05) is 0 Å². The highest BCUT2D eigenvalue weighted by Crippen LogP contribution is 2.43. The summed E-state index contributed by atoms with van der Waals surface area (Å²) in [5.74, 6) is -39.5. The number of aromatic amines is 3. The molecule has 21 heteroatoms. The molecular weight excluding hydrogens is 829 g/mol. The molecule has 4 N–H and O–H groups in total. The van der Waals surface area contributed by atoms with Gasteiger partial charge in [-0.2, -0.15) is 0 Å². The summed E-state index contributed by atoms with van der Waals surface area (Å²) in [7, 11) is 0. The molecule has 8 bridgehead atoms. The molecule has 0 aliphatic carbocycles. The molecule has 0 radical (unpaired) electrons. The SMILES string of the molecule is O=C(O)c1cc2[nH]c1c(-c1c(F)c(F)c(F)c(F)c1F)c1ccc([nH]1)c(-c1c(F)c(F)c(F)c(F)c1F)c1nc(c(-c3c(F)c(F)c(F)c(F)c3F)c3ccc2[nH]3)CC1. The van der Waals surface area contributed by atoms with E-state index in [9.17, 15) is 49.4 Å². The first-order valence-electron chi connectivity index (χ1n) is 16.3. The first kappa shape index (κ1) is 38.9. The number of carboxylic acid groups (broad SMARTS) is 1. The van der Waals surface area contributed by atoms with Crippen LogP contribution in [-0.2, 0) is 12.8 Å². The van der Waals surface area contributed by atoms with Crippen molar-refractivity contribution in [2.24, 2.45) is 0 Å². The lowest BCUT2D eigenvalue weighted by Crippen LogP contribution is -2.06. The van der Waals surface area contributed by atoms with E-state index < -0.39 is 184 Å². The summed E-state index contributed by atoms with van der Waals surface area (Å²) >= 11 is 0. The van der Waals surface area contributed by atoms with E-state index in [4.69, 9.17) is 0 Å². The second-order valence-corrected chi connectivity index (χ2v) is 12.8. The number of fused-ring (bicyclic) bond motifs is 9. The number of aromatic carboxylic acids is 1. The highest BCUT2D eigenvalue weighted by molar-refractivity contribution is 6.08. The van der Waals surface area contributed by atoms with Crippen LogP contribution in [0.5, 0.6) is 0 Å². The van der Waals surface area contributed by atoms with E-state index in [0.29, 0.717) is 0 Å². The number of aryl methyl sites for hydroxylation is 2. The van der Waals surface area contributed by atoms with Gasteiger partial charge in [-0.1, -0.05) is 0 Å². The molecule has 0 fully saturated rings. The van der Waals surface area contributed by atoms with Gasteiger partial charge in [0.2, 0.25) is 17.5 Å². The predicted octanol–water partition coefficient (Wildman–Crippen LogP) is 11.1. The number of H-pyrrole nitrogens is 3. The van der Waals surface area contributed by atoms with Gasteiger partial charge < -0.3 is 20.1 Å². The van der Waals surface area contributed by atoms with Gasteiger partial charge in [-0.05, 0) is 43.2 Å². The van der Waals surface area contributed by atoms with Crippen LogP contribution in [0.15, 0.2) is 30.3 Å². The summed E-state index contributed by atoms with van der Waals surface area (Å²) in [6.45, 7) is 0. The van der Waals surface area contributed by atoms with Crippen LogP contribution in [-0.4, -0.2) is 31.0 Å². The fourth-order valence-electron chi connectivity index (χ4n) is 6.96. The van der Waals surface area contributed by atoms with E-state index in [2.05, 4.69) is 19.9 Å². The van der Waals surface area contributed by atoms with Gasteiger partial charge in [0.1, 0.15) is 0 Å². The second kappa shape index (κ2) is 13.6. The Morgan fingerprint density at radius 1 is 0.407 bits per heavy atom. The van der Waals surface area contributed by atoms with Crippen LogP contribution in [0.2, 0.25) is 0 Å². The lowest BCUT2D eigenvalue weighted by molar-refractivity contribution is 0.0699. The third-order valence-electron chi connectivity index (χ3n) is 9.59. The maximum atomic E-state index is 15.7. The molecule has 6 nitrogen and oxygen atoms in total. The number of aromatic nitrogens is 4. The Labute approximate surface area is 315 Å². The molecule has 1 aliphatic rings. The molecule has 3 aromatic carbocycles. The minimum atomic E-state index is -2.63. The van der Waals surface area contributed by atoms with E-state index in [0.717, 1.165) is 30.3 Å². The summed E-state index contributed by atoms with van der Waals surface area (Å²) in [6, 6.07) is 4.22. The van der Waals surface area contributed by atoms with Gasteiger partial charge in [0.05, 0.1) is 50.2 Å². The van der Waals surface area contributed by atoms with Crippen molar-refractivity contribution in [1.29, 1.82) is 0 Å². The topological polar surface area (TPSA) is 97.6 Å². The average Bonchev–Trinajstić information content (AvgIpc) is 4.05. The largest absolute Gasteiger partial charge is 0.478 e. The lowest BCUT2D eigenvalue weighted by Gasteiger charge is -2.11. The Kier molecular flexibility index (Phi) is 8.96. The normalized spacial score (nSPS) is 12.3.